The number of amides is 1. The van der Waals surface area contributed by atoms with Crippen LogP contribution in [-0.2, 0) is 23.1 Å². The third-order valence-corrected chi connectivity index (χ3v) is 12.6. The third kappa shape index (κ3) is 11.3. The van der Waals surface area contributed by atoms with Gasteiger partial charge in [0.15, 0.2) is 17.7 Å². The minimum atomic E-state index is -4.85. The second-order valence-electron chi connectivity index (χ2n) is 16.9. The molecule has 1 aliphatic carbocycles. The fourth-order valence-corrected chi connectivity index (χ4v) is 8.81. The Balaban J connectivity index is 0.823. The molecule has 4 aromatic rings. The highest BCUT2D eigenvalue weighted by atomic mass is 31.2. The van der Waals surface area contributed by atoms with E-state index in [0.29, 0.717) is 47.4 Å². The molecule has 0 radical (unpaired) electrons. The van der Waals surface area contributed by atoms with Gasteiger partial charge in [0.05, 0.1) is 24.6 Å². The zero-order chi connectivity index (χ0) is 48.0. The number of carbonyl (C=O) groups excluding carboxylic acids is 2. The van der Waals surface area contributed by atoms with Gasteiger partial charge in [0.2, 0.25) is 5.36 Å². The Kier molecular flexibility index (Phi) is 15.3. The van der Waals surface area contributed by atoms with Crippen molar-refractivity contribution in [3.05, 3.63) is 83.7 Å². The largest absolute Gasteiger partial charge is 0.529 e. The number of anilines is 2. The predicted molar refractivity (Wildman–Crippen MR) is 248 cm³/mol. The van der Waals surface area contributed by atoms with E-state index in [4.69, 9.17) is 23.9 Å². The number of aliphatic hydroxyl groups excluding tert-OH is 2. The van der Waals surface area contributed by atoms with Gasteiger partial charge in [0, 0.05) is 67.0 Å². The van der Waals surface area contributed by atoms with Crippen molar-refractivity contribution in [3.63, 3.8) is 0 Å². The monoisotopic (exact) mass is 943 g/mol. The van der Waals surface area contributed by atoms with Crippen LogP contribution in [0.1, 0.15) is 84.7 Å². The van der Waals surface area contributed by atoms with Crippen molar-refractivity contribution in [2.24, 2.45) is 0 Å². The number of ether oxygens (including phenoxy) is 1. The van der Waals surface area contributed by atoms with E-state index in [0.717, 1.165) is 60.5 Å². The highest BCUT2D eigenvalue weighted by molar-refractivity contribution is 7.48. The zero-order valence-corrected chi connectivity index (χ0v) is 38.6. The first-order valence-electron chi connectivity index (χ1n) is 22.0. The number of hydrogen-bond acceptors (Lipinski definition) is 15. The van der Waals surface area contributed by atoms with Gasteiger partial charge in [-0.3, -0.25) is 23.6 Å². The maximum Gasteiger partial charge on any atom is 0.529 e. The second-order valence-corrected chi connectivity index (χ2v) is 18.3. The summed E-state index contributed by atoms with van der Waals surface area (Å²) in [5, 5.41) is 36.1. The Morgan fingerprint density at radius 2 is 1.64 bits per heavy atom. The molecule has 67 heavy (non-hydrogen) atoms. The number of rotatable bonds is 20. The van der Waals surface area contributed by atoms with Gasteiger partial charge in [-0.25, -0.2) is 28.9 Å². The molecule has 0 spiro atoms. The molecular weight excluding hydrogens is 888 g/mol. The van der Waals surface area contributed by atoms with Crippen LogP contribution in [0.25, 0.3) is 44.6 Å². The van der Waals surface area contributed by atoms with Gasteiger partial charge in [-0.2, -0.15) is 0 Å². The number of phosphoric ester groups is 1. The summed E-state index contributed by atoms with van der Waals surface area (Å²) in [5.74, 6) is -1.64. The fourth-order valence-electron chi connectivity index (χ4n) is 8.07. The first kappa shape index (κ1) is 48.6. The van der Waals surface area contributed by atoms with Crippen LogP contribution in [0.3, 0.4) is 0 Å². The van der Waals surface area contributed by atoms with Gasteiger partial charge >= 0.3 is 19.8 Å². The molecular formula is C46H56N8O12P+. The van der Waals surface area contributed by atoms with E-state index in [2.05, 4.69) is 20.3 Å². The van der Waals surface area contributed by atoms with Crippen molar-refractivity contribution < 1.29 is 57.4 Å². The van der Waals surface area contributed by atoms with Crippen molar-refractivity contribution in [1.29, 1.82) is 0 Å². The van der Waals surface area contributed by atoms with Crippen LogP contribution in [-0.4, -0.2) is 117 Å². The second kappa shape index (κ2) is 21.1. The quantitative estimate of drug-likeness (QED) is 0.0256. The molecule has 2 aromatic heterocycles. The summed E-state index contributed by atoms with van der Waals surface area (Å²) in [6.07, 6.45) is 3.41. The molecule has 356 valence electrons. The standard InChI is InChI=1S/C46H55N8O12P/c1-52(2)28-15-18-31-34(22-28)64-35-23-29(53(3)4)16-19-32(35)38(31)33-21-27(14-17-30(33)46(59)60)44(58)48-20-12-10-8-6-5-7-9-11-13-37(55)66-67(61,62)63-24-36-40(56)41(57)45(65-36)54-26-51-39-42(47)49-25-50-43(39)54/h14-19,21-23,25-26,36,40-41,45,56-57H,5-13,20,24H2,1-4H3,(H4-,47,48,49,50,58,59,60,61,62)/p+1/t36-,40?,41+,45-/m1/s1. The van der Waals surface area contributed by atoms with Crippen LogP contribution in [0.4, 0.5) is 11.5 Å². The first-order chi connectivity index (χ1) is 32.0. The molecule has 4 heterocycles. The summed E-state index contributed by atoms with van der Waals surface area (Å²) in [6, 6.07) is 16.2. The number of benzene rings is 3. The smallest absolute Gasteiger partial charge is 0.478 e. The summed E-state index contributed by atoms with van der Waals surface area (Å²) in [6.45, 7) is -0.217. The number of aromatic carboxylic acids is 1. The maximum absolute atomic E-state index is 13.4. The van der Waals surface area contributed by atoms with Gasteiger partial charge in [0.25, 0.3) is 5.91 Å². The molecule has 0 bridgehead atoms. The van der Waals surface area contributed by atoms with E-state index in [-0.39, 0.29) is 34.9 Å². The van der Waals surface area contributed by atoms with Crippen LogP contribution in [0.2, 0.25) is 0 Å². The highest BCUT2D eigenvalue weighted by Gasteiger charge is 2.45. The van der Waals surface area contributed by atoms with E-state index >= 15 is 0 Å². The van der Waals surface area contributed by atoms with E-state index in [1.54, 1.807) is 6.07 Å². The number of carboxylic acids is 1. The fraction of sp³-hybridized carbons (Fsp3) is 0.413. The average molecular weight is 944 g/mol. The first-order valence-corrected chi connectivity index (χ1v) is 23.5. The van der Waals surface area contributed by atoms with Crippen LogP contribution in [0.5, 0.6) is 0 Å². The lowest BCUT2D eigenvalue weighted by Gasteiger charge is -2.19. The van der Waals surface area contributed by atoms with Gasteiger partial charge in [-0.1, -0.05) is 38.5 Å². The molecule has 0 saturated carbocycles. The van der Waals surface area contributed by atoms with Crippen molar-refractivity contribution in [1.82, 2.24) is 29.4 Å². The molecule has 1 fully saturated rings. The van der Waals surface area contributed by atoms with Gasteiger partial charge in [-0.15, -0.1) is 0 Å². The lowest BCUT2D eigenvalue weighted by atomic mass is 9.89. The number of aromatic nitrogens is 4. The summed E-state index contributed by atoms with van der Waals surface area (Å²) in [4.78, 5) is 62.6. The number of nitrogen functional groups attached to an aromatic ring is 1. The Hall–Kier alpha value is -6.28. The topological polar surface area (TPSA) is 278 Å². The van der Waals surface area contributed by atoms with Crippen LogP contribution < -0.4 is 25.9 Å². The number of nitrogens with two attached hydrogens (primary N) is 1. The molecule has 2 aliphatic heterocycles. The number of imidazole rings is 1. The Morgan fingerprint density at radius 3 is 2.36 bits per heavy atom. The minimum Gasteiger partial charge on any atom is -0.478 e. The average Bonchev–Trinajstić information content (AvgIpc) is 3.85. The molecule has 3 aliphatic rings. The molecule has 1 amide bonds. The van der Waals surface area contributed by atoms with Gasteiger partial charge < -0.3 is 44.9 Å². The lowest BCUT2D eigenvalue weighted by molar-refractivity contribution is -0.136. The number of aliphatic hydroxyl groups is 2. The predicted octanol–water partition coefficient (Wildman–Crippen LogP) is 4.94. The van der Waals surface area contributed by atoms with E-state index in [1.807, 2.05) is 74.1 Å². The molecule has 5 atom stereocenters. The number of nitrogens with one attached hydrogen (secondary N) is 1. The van der Waals surface area contributed by atoms with Crippen LogP contribution in [0.15, 0.2) is 71.7 Å². The number of unbranched alkanes of at least 4 members (excludes halogenated alkanes) is 7. The number of carbonyl (C=O) groups is 3. The van der Waals surface area contributed by atoms with E-state index in [1.165, 1.54) is 29.4 Å². The van der Waals surface area contributed by atoms with Crippen LogP contribution in [0, 0.1) is 0 Å². The molecule has 1 saturated heterocycles. The van der Waals surface area contributed by atoms with Crippen molar-refractivity contribution >= 4 is 59.3 Å². The summed E-state index contributed by atoms with van der Waals surface area (Å²) >= 11 is 0. The number of nitrogens with zero attached hydrogens (tertiary/aromatic N) is 6. The highest BCUT2D eigenvalue weighted by Crippen LogP contribution is 2.45. The SMILES string of the molecule is CN(C)c1ccc2c(-c3cc(C(=O)NCCCCCCCCCCC(=O)OP(=O)(O)OC[C@H]4O[C@@H](n5cnc6c(N)ncnc65)[C@@H](O)C4O)ccc3C(=O)O)c3ccc(=[N+](C)C)cc-3oc2c1. The summed E-state index contributed by atoms with van der Waals surface area (Å²) < 4.78 is 37.6. The van der Waals surface area contributed by atoms with Crippen molar-refractivity contribution in [2.75, 3.05) is 52.0 Å². The van der Waals surface area contributed by atoms with E-state index < -0.39 is 50.9 Å². The normalized spacial score (nSPS) is 18.0. The van der Waals surface area contributed by atoms with Gasteiger partial charge in [-0.05, 0) is 54.8 Å². The zero-order valence-electron chi connectivity index (χ0n) is 37.7. The summed E-state index contributed by atoms with van der Waals surface area (Å²) in [7, 11) is 2.87. The molecule has 2 unspecified atom stereocenters. The number of phosphoric acid groups is 1. The minimum absolute atomic E-state index is 0.0649. The lowest BCUT2D eigenvalue weighted by Crippen LogP contribution is -2.33. The number of carboxylic acid groups (broad SMARTS) is 1. The molecule has 7 N–H and O–H groups in total. The molecule has 7 rings (SSSR count). The number of hydrogen-bond donors (Lipinski definition) is 6. The van der Waals surface area contributed by atoms with Crippen molar-refractivity contribution in [3.8, 4) is 22.5 Å². The number of fused-ring (bicyclic) bond motifs is 3. The maximum atomic E-state index is 13.4. The molecule has 20 nitrogen and oxygen atoms in total. The van der Waals surface area contributed by atoms with E-state index in [9.17, 15) is 39.2 Å². The van der Waals surface area contributed by atoms with Crippen molar-refractivity contribution in [2.45, 2.75) is 82.3 Å². The Labute approximate surface area is 385 Å². The Morgan fingerprint density at radius 1 is 0.910 bits per heavy atom. The van der Waals surface area contributed by atoms with Crippen LogP contribution >= 0.6 is 7.82 Å². The van der Waals surface area contributed by atoms with Gasteiger partial charge in [0.1, 0.15) is 55.6 Å². The molecule has 2 aromatic carbocycles. The third-order valence-electron chi connectivity index (χ3n) is 11.7. The summed E-state index contributed by atoms with van der Waals surface area (Å²) in [5.41, 5.74) is 10.0. The Bertz CT molecular complexity index is 2860. The molecule has 21 heteroatoms.